The Balaban J connectivity index is 1.66. The van der Waals surface area contributed by atoms with Crippen molar-refractivity contribution in [3.63, 3.8) is 0 Å². The van der Waals surface area contributed by atoms with E-state index < -0.39 is 5.54 Å². The molecule has 2 saturated heterocycles. The molecule has 134 valence electrons. The molecule has 1 spiro atoms. The van der Waals surface area contributed by atoms with E-state index >= 15 is 0 Å². The molecule has 3 rings (SSSR count). The molecular weight excluding hydrogens is 306 g/mol. The van der Waals surface area contributed by atoms with Crippen molar-refractivity contribution in [2.45, 2.75) is 70.3 Å². The zero-order valence-electron chi connectivity index (χ0n) is 14.7. The molecule has 1 saturated carbocycles. The number of urea groups is 1. The summed E-state index contributed by atoms with van der Waals surface area (Å²) in [6.07, 6.45) is 8.85. The largest absolute Gasteiger partial charge is 0.341 e. The van der Waals surface area contributed by atoms with Gasteiger partial charge in [-0.05, 0) is 31.6 Å². The Morgan fingerprint density at radius 2 is 1.79 bits per heavy atom. The van der Waals surface area contributed by atoms with E-state index in [2.05, 4.69) is 12.2 Å². The number of piperidine rings is 1. The number of carbonyl (C=O) groups is 3. The second kappa shape index (κ2) is 7.11. The van der Waals surface area contributed by atoms with E-state index in [1.54, 1.807) is 4.90 Å². The predicted octanol–water partition coefficient (Wildman–Crippen LogP) is 2.28. The first-order valence-electron chi connectivity index (χ1n) is 9.44. The fourth-order valence-corrected chi connectivity index (χ4v) is 4.32. The summed E-state index contributed by atoms with van der Waals surface area (Å²) in [5, 5.41) is 2.92. The molecule has 6 heteroatoms. The van der Waals surface area contributed by atoms with Crippen LogP contribution >= 0.6 is 0 Å². The van der Waals surface area contributed by atoms with Gasteiger partial charge in [-0.3, -0.25) is 14.5 Å². The molecule has 2 aliphatic heterocycles. The van der Waals surface area contributed by atoms with Crippen LogP contribution in [0.1, 0.15) is 64.7 Å². The third-order valence-electron chi connectivity index (χ3n) is 5.76. The van der Waals surface area contributed by atoms with Crippen molar-refractivity contribution in [3.05, 3.63) is 0 Å². The minimum Gasteiger partial charge on any atom is -0.341 e. The molecule has 0 aromatic carbocycles. The number of imide groups is 1. The molecule has 6 nitrogen and oxygen atoms in total. The summed E-state index contributed by atoms with van der Waals surface area (Å²) in [6.45, 7) is 3.49. The highest BCUT2D eigenvalue weighted by molar-refractivity contribution is 6.09. The lowest BCUT2D eigenvalue weighted by atomic mass is 9.84. The highest BCUT2D eigenvalue weighted by Gasteiger charge is 2.51. The molecule has 1 aliphatic carbocycles. The van der Waals surface area contributed by atoms with Gasteiger partial charge in [-0.2, -0.15) is 0 Å². The van der Waals surface area contributed by atoms with Gasteiger partial charge in [-0.15, -0.1) is 0 Å². The van der Waals surface area contributed by atoms with E-state index in [1.807, 2.05) is 0 Å². The van der Waals surface area contributed by atoms with Crippen molar-refractivity contribution in [1.82, 2.24) is 15.1 Å². The molecule has 1 unspecified atom stereocenters. The van der Waals surface area contributed by atoms with E-state index in [0.29, 0.717) is 18.8 Å². The minimum atomic E-state index is -0.757. The van der Waals surface area contributed by atoms with Crippen LogP contribution in [0.25, 0.3) is 0 Å². The highest BCUT2D eigenvalue weighted by atomic mass is 16.2. The van der Waals surface area contributed by atoms with Crippen LogP contribution in [0.5, 0.6) is 0 Å². The first kappa shape index (κ1) is 17.2. The van der Waals surface area contributed by atoms with Gasteiger partial charge in [0, 0.05) is 13.1 Å². The Kier molecular flexibility index (Phi) is 5.11. The number of hydrogen-bond acceptors (Lipinski definition) is 3. The van der Waals surface area contributed by atoms with Gasteiger partial charge in [0.25, 0.3) is 5.91 Å². The lowest BCUT2D eigenvalue weighted by Gasteiger charge is -2.32. The summed E-state index contributed by atoms with van der Waals surface area (Å²) >= 11 is 0. The second-order valence-electron chi connectivity index (χ2n) is 7.76. The van der Waals surface area contributed by atoms with Crippen LogP contribution in [0, 0.1) is 5.92 Å². The van der Waals surface area contributed by atoms with Crippen LogP contribution in [-0.2, 0) is 9.59 Å². The molecule has 3 fully saturated rings. The average molecular weight is 335 g/mol. The van der Waals surface area contributed by atoms with Gasteiger partial charge in [0.1, 0.15) is 12.1 Å². The Morgan fingerprint density at radius 1 is 1.12 bits per heavy atom. The van der Waals surface area contributed by atoms with Crippen molar-refractivity contribution in [1.29, 1.82) is 0 Å². The van der Waals surface area contributed by atoms with Crippen molar-refractivity contribution in [3.8, 4) is 0 Å². The molecular formula is C18H29N3O3. The molecule has 0 aromatic rings. The fraction of sp³-hybridized carbons (Fsp3) is 0.833. The molecule has 0 radical (unpaired) electrons. The van der Waals surface area contributed by atoms with Gasteiger partial charge in [0.2, 0.25) is 5.91 Å². The smallest absolute Gasteiger partial charge is 0.325 e. The van der Waals surface area contributed by atoms with Gasteiger partial charge in [0.05, 0.1) is 0 Å². The number of nitrogens with one attached hydrogen (secondary N) is 1. The molecule has 0 aromatic heterocycles. The summed E-state index contributed by atoms with van der Waals surface area (Å²) in [6, 6.07) is -0.390. The normalized spacial score (nSPS) is 27.8. The van der Waals surface area contributed by atoms with Crippen LogP contribution in [0.4, 0.5) is 4.79 Å². The van der Waals surface area contributed by atoms with Crippen LogP contribution < -0.4 is 5.32 Å². The van der Waals surface area contributed by atoms with E-state index in [0.717, 1.165) is 56.5 Å². The summed E-state index contributed by atoms with van der Waals surface area (Å²) in [5.74, 6) is 0.198. The average Bonchev–Trinajstić information content (AvgIpc) is 2.76. The number of hydrogen-bond donors (Lipinski definition) is 1. The Morgan fingerprint density at radius 3 is 2.46 bits per heavy atom. The summed E-state index contributed by atoms with van der Waals surface area (Å²) in [7, 11) is 0. The van der Waals surface area contributed by atoms with E-state index in [1.165, 1.54) is 6.42 Å². The third-order valence-corrected chi connectivity index (χ3v) is 5.76. The van der Waals surface area contributed by atoms with Crippen LogP contribution in [0.3, 0.4) is 0 Å². The first-order valence-corrected chi connectivity index (χ1v) is 9.44. The number of nitrogens with zero attached hydrogens (tertiary/aromatic N) is 2. The van der Waals surface area contributed by atoms with Crippen molar-refractivity contribution < 1.29 is 14.4 Å². The van der Waals surface area contributed by atoms with Gasteiger partial charge in [0.15, 0.2) is 0 Å². The third kappa shape index (κ3) is 3.42. The number of amides is 4. The SMILES string of the molecule is CC1CCCN(C(=O)CN2C(=O)NC3(CCCCCCC3)C2=O)C1. The Labute approximate surface area is 143 Å². The molecule has 24 heavy (non-hydrogen) atoms. The molecule has 0 bridgehead atoms. The maximum Gasteiger partial charge on any atom is 0.325 e. The zero-order chi connectivity index (χ0) is 17.2. The first-order chi connectivity index (χ1) is 11.5. The highest BCUT2D eigenvalue weighted by Crippen LogP contribution is 2.32. The number of likely N-dealkylation sites (tertiary alicyclic amines) is 1. The molecule has 4 amide bonds. The monoisotopic (exact) mass is 335 g/mol. The Hall–Kier alpha value is -1.59. The van der Waals surface area contributed by atoms with Gasteiger partial charge >= 0.3 is 6.03 Å². The predicted molar refractivity (Wildman–Crippen MR) is 90.3 cm³/mol. The summed E-state index contributed by atoms with van der Waals surface area (Å²) in [4.78, 5) is 40.8. The number of carbonyl (C=O) groups excluding carboxylic acids is 3. The molecule has 3 aliphatic rings. The van der Waals surface area contributed by atoms with Crippen molar-refractivity contribution >= 4 is 17.8 Å². The number of rotatable bonds is 2. The lowest BCUT2D eigenvalue weighted by molar-refractivity contribution is -0.140. The summed E-state index contributed by atoms with van der Waals surface area (Å²) < 4.78 is 0. The minimum absolute atomic E-state index is 0.104. The Bertz CT molecular complexity index is 512. The van der Waals surface area contributed by atoms with Crippen LogP contribution in [0.15, 0.2) is 0 Å². The zero-order valence-corrected chi connectivity index (χ0v) is 14.7. The fourth-order valence-electron chi connectivity index (χ4n) is 4.32. The van der Waals surface area contributed by atoms with Gasteiger partial charge < -0.3 is 10.2 Å². The maximum atomic E-state index is 12.9. The molecule has 2 heterocycles. The lowest BCUT2D eigenvalue weighted by Crippen LogP contribution is -2.49. The molecule has 1 atom stereocenters. The van der Waals surface area contributed by atoms with E-state index in [4.69, 9.17) is 0 Å². The quantitative estimate of drug-likeness (QED) is 0.787. The van der Waals surface area contributed by atoms with E-state index in [-0.39, 0.29) is 24.4 Å². The van der Waals surface area contributed by atoms with Crippen molar-refractivity contribution in [2.75, 3.05) is 19.6 Å². The van der Waals surface area contributed by atoms with Gasteiger partial charge in [-0.25, -0.2) is 4.79 Å². The van der Waals surface area contributed by atoms with Crippen molar-refractivity contribution in [2.24, 2.45) is 5.92 Å². The molecule has 1 N–H and O–H groups in total. The standard InChI is InChI=1S/C18H29N3O3/c1-14-8-7-11-20(12-14)15(22)13-21-16(23)18(19-17(21)24)9-5-3-2-4-6-10-18/h14H,2-13H2,1H3,(H,19,24). The summed E-state index contributed by atoms with van der Waals surface area (Å²) in [5.41, 5.74) is -0.757. The second-order valence-corrected chi connectivity index (χ2v) is 7.76. The topological polar surface area (TPSA) is 69.7 Å². The van der Waals surface area contributed by atoms with Gasteiger partial charge in [-0.1, -0.05) is 39.0 Å². The van der Waals surface area contributed by atoms with Crippen LogP contribution in [-0.4, -0.2) is 52.8 Å². The maximum absolute atomic E-state index is 12.9. The van der Waals surface area contributed by atoms with Crippen LogP contribution in [0.2, 0.25) is 0 Å². The van der Waals surface area contributed by atoms with E-state index in [9.17, 15) is 14.4 Å².